The van der Waals surface area contributed by atoms with Crippen LogP contribution in [-0.2, 0) is 4.79 Å². The highest BCUT2D eigenvalue weighted by Crippen LogP contribution is 2.37. The molecule has 0 atom stereocenters. The molecule has 0 spiro atoms. The van der Waals surface area contributed by atoms with Gasteiger partial charge in [-0.2, -0.15) is 0 Å². The van der Waals surface area contributed by atoms with Gasteiger partial charge in [0.05, 0.1) is 29.7 Å². The number of amidine groups is 1. The average Bonchev–Trinajstić information content (AvgIpc) is 3.02. The summed E-state index contributed by atoms with van der Waals surface area (Å²) in [6.07, 6.45) is 1.47. The zero-order valence-corrected chi connectivity index (χ0v) is 15.6. The summed E-state index contributed by atoms with van der Waals surface area (Å²) in [7, 11) is 2.73. The number of benzene rings is 2. The maximum Gasteiger partial charge on any atom is 0.311 e. The van der Waals surface area contributed by atoms with Crippen molar-refractivity contribution in [2.24, 2.45) is 4.99 Å². The fraction of sp³-hybridized carbons (Fsp3) is 0.111. The minimum Gasteiger partial charge on any atom is -0.496 e. The number of aliphatic imine (C=N–C) groups is 1. The van der Waals surface area contributed by atoms with E-state index in [1.807, 2.05) is 0 Å². The molecule has 0 aliphatic carbocycles. The summed E-state index contributed by atoms with van der Waals surface area (Å²) in [5.74, 6) is -0.439. The van der Waals surface area contributed by atoms with Gasteiger partial charge in [0.15, 0.2) is 5.17 Å². The Labute approximate surface area is 163 Å². The molecule has 1 fully saturated rings. The summed E-state index contributed by atoms with van der Waals surface area (Å²) in [4.78, 5) is 27.4. The highest BCUT2D eigenvalue weighted by molar-refractivity contribution is 8.18. The molecule has 28 heavy (non-hydrogen) atoms. The number of hydrogen-bond donors (Lipinski definition) is 1. The van der Waals surface area contributed by atoms with Gasteiger partial charge in [0.25, 0.3) is 5.91 Å². The number of nitrogens with one attached hydrogen (secondary N) is 1. The van der Waals surface area contributed by atoms with Crippen LogP contribution in [0.15, 0.2) is 46.3 Å². The summed E-state index contributed by atoms with van der Waals surface area (Å²) in [6.45, 7) is 0. The zero-order valence-electron chi connectivity index (χ0n) is 14.8. The molecule has 0 unspecified atom stereocenters. The van der Waals surface area contributed by atoms with Crippen LogP contribution in [0.1, 0.15) is 5.56 Å². The van der Waals surface area contributed by atoms with E-state index < -0.39 is 10.8 Å². The van der Waals surface area contributed by atoms with Crippen molar-refractivity contribution in [2.75, 3.05) is 14.2 Å². The molecule has 0 radical (unpaired) electrons. The molecular weight excluding hydrogens is 389 g/mol. The normalized spacial score (nSPS) is 16.3. The van der Waals surface area contributed by atoms with Crippen molar-refractivity contribution in [3.8, 4) is 11.5 Å². The topological polar surface area (TPSA) is 103 Å². The second-order valence-corrected chi connectivity index (χ2v) is 6.51. The predicted octanol–water partition coefficient (Wildman–Crippen LogP) is 3.64. The van der Waals surface area contributed by atoms with Crippen LogP contribution in [0.4, 0.5) is 15.8 Å². The molecule has 3 rings (SSSR count). The van der Waals surface area contributed by atoms with Gasteiger partial charge in [-0.3, -0.25) is 14.9 Å². The monoisotopic (exact) mass is 403 g/mol. The number of carbonyl (C=O) groups is 1. The van der Waals surface area contributed by atoms with E-state index in [-0.39, 0.29) is 22.2 Å². The first-order valence-corrected chi connectivity index (χ1v) is 8.68. The Morgan fingerprint density at radius 2 is 1.86 bits per heavy atom. The molecule has 1 N–H and O–H groups in total. The lowest BCUT2D eigenvalue weighted by atomic mass is 10.1. The van der Waals surface area contributed by atoms with Crippen molar-refractivity contribution in [1.82, 2.24) is 5.32 Å². The molecule has 0 bridgehead atoms. The number of halogens is 1. The van der Waals surface area contributed by atoms with E-state index in [0.29, 0.717) is 22.2 Å². The second kappa shape index (κ2) is 8.09. The van der Waals surface area contributed by atoms with Crippen LogP contribution in [0.2, 0.25) is 0 Å². The van der Waals surface area contributed by atoms with Crippen LogP contribution in [0.3, 0.4) is 0 Å². The number of thioether (sulfide) groups is 1. The molecule has 1 amide bonds. The van der Waals surface area contributed by atoms with Crippen LogP contribution in [0.5, 0.6) is 11.5 Å². The van der Waals surface area contributed by atoms with Crippen molar-refractivity contribution >= 4 is 40.3 Å². The Balaban J connectivity index is 1.95. The van der Waals surface area contributed by atoms with E-state index in [4.69, 9.17) is 9.47 Å². The lowest BCUT2D eigenvalue weighted by molar-refractivity contribution is -0.385. The Kier molecular flexibility index (Phi) is 5.59. The Morgan fingerprint density at radius 1 is 1.18 bits per heavy atom. The highest BCUT2D eigenvalue weighted by atomic mass is 32.2. The van der Waals surface area contributed by atoms with Crippen molar-refractivity contribution in [1.29, 1.82) is 0 Å². The number of amides is 1. The number of ether oxygens (including phenoxy) is 2. The largest absolute Gasteiger partial charge is 0.496 e. The van der Waals surface area contributed by atoms with Gasteiger partial charge in [0.2, 0.25) is 5.75 Å². The fourth-order valence-corrected chi connectivity index (χ4v) is 3.25. The molecule has 2 aromatic rings. The number of nitro groups is 1. The van der Waals surface area contributed by atoms with Crippen LogP contribution < -0.4 is 14.8 Å². The van der Waals surface area contributed by atoms with Gasteiger partial charge in [-0.25, -0.2) is 9.38 Å². The summed E-state index contributed by atoms with van der Waals surface area (Å²) in [5, 5.41) is 14.2. The van der Waals surface area contributed by atoms with Crippen LogP contribution >= 0.6 is 11.8 Å². The standard InChI is InChI=1S/C18H14FN3O5S/c1-26-14-9-15(27-2)13(22(24)25)7-10(14)8-16-17(23)21-18(28-16)20-12-5-3-11(19)4-6-12/h3-9H,1-2H3,(H,20,21,23). The number of methoxy groups -OCH3 is 2. The first-order chi connectivity index (χ1) is 13.4. The minimum atomic E-state index is -0.580. The number of hydrogen-bond acceptors (Lipinski definition) is 7. The predicted molar refractivity (Wildman–Crippen MR) is 103 cm³/mol. The maximum atomic E-state index is 13.0. The first kappa shape index (κ1) is 19.4. The smallest absolute Gasteiger partial charge is 0.311 e. The number of nitro benzene ring substituents is 1. The molecule has 8 nitrogen and oxygen atoms in total. The first-order valence-electron chi connectivity index (χ1n) is 7.87. The molecule has 1 heterocycles. The molecule has 0 saturated carbocycles. The van der Waals surface area contributed by atoms with Gasteiger partial charge in [-0.15, -0.1) is 0 Å². The minimum absolute atomic E-state index is 0.0473. The molecule has 0 aromatic heterocycles. The number of rotatable bonds is 5. The zero-order chi connectivity index (χ0) is 20.3. The van der Waals surface area contributed by atoms with Crippen molar-refractivity contribution in [2.45, 2.75) is 0 Å². The Bertz CT molecular complexity index is 1010. The van der Waals surface area contributed by atoms with Crippen molar-refractivity contribution in [3.63, 3.8) is 0 Å². The second-order valence-electron chi connectivity index (χ2n) is 5.48. The molecule has 1 aliphatic heterocycles. The average molecular weight is 403 g/mol. The quantitative estimate of drug-likeness (QED) is 0.464. The SMILES string of the molecule is COc1cc(OC)c([N+](=O)[O-])cc1C=C1SC(=Nc2ccc(F)cc2)NC1=O. The van der Waals surface area contributed by atoms with E-state index in [1.165, 1.54) is 56.7 Å². The maximum absolute atomic E-state index is 13.0. The van der Waals surface area contributed by atoms with Gasteiger partial charge >= 0.3 is 5.69 Å². The van der Waals surface area contributed by atoms with E-state index in [9.17, 15) is 19.3 Å². The lowest BCUT2D eigenvalue weighted by Gasteiger charge is -2.08. The van der Waals surface area contributed by atoms with E-state index in [2.05, 4.69) is 10.3 Å². The van der Waals surface area contributed by atoms with Gasteiger partial charge in [0.1, 0.15) is 11.6 Å². The van der Waals surface area contributed by atoms with E-state index >= 15 is 0 Å². The van der Waals surface area contributed by atoms with Crippen LogP contribution in [0, 0.1) is 15.9 Å². The van der Waals surface area contributed by atoms with Gasteiger partial charge in [-0.05, 0) is 42.1 Å². The number of nitrogens with zero attached hydrogens (tertiary/aromatic N) is 2. The van der Waals surface area contributed by atoms with Crippen molar-refractivity contribution < 1.29 is 23.6 Å². The van der Waals surface area contributed by atoms with Crippen LogP contribution in [-0.4, -0.2) is 30.2 Å². The Hall–Kier alpha value is -3.40. The molecule has 10 heteroatoms. The highest BCUT2D eigenvalue weighted by Gasteiger charge is 2.26. The lowest BCUT2D eigenvalue weighted by Crippen LogP contribution is -2.19. The molecule has 144 valence electrons. The molecule has 2 aromatic carbocycles. The summed E-state index contributed by atoms with van der Waals surface area (Å²) in [5.41, 5.74) is 0.567. The van der Waals surface area contributed by atoms with Gasteiger partial charge in [0, 0.05) is 17.7 Å². The summed E-state index contributed by atoms with van der Waals surface area (Å²) >= 11 is 1.06. The molecule has 1 saturated heterocycles. The van der Waals surface area contributed by atoms with Gasteiger partial charge < -0.3 is 14.8 Å². The van der Waals surface area contributed by atoms with Crippen molar-refractivity contribution in [3.05, 3.63) is 62.8 Å². The molecule has 1 aliphatic rings. The van der Waals surface area contributed by atoms with E-state index in [0.717, 1.165) is 11.8 Å². The van der Waals surface area contributed by atoms with Crippen LogP contribution in [0.25, 0.3) is 6.08 Å². The van der Waals surface area contributed by atoms with E-state index in [1.54, 1.807) is 0 Å². The third kappa shape index (κ3) is 4.12. The molecular formula is C18H14FN3O5S. The Morgan fingerprint density at radius 3 is 2.46 bits per heavy atom. The third-order valence-electron chi connectivity index (χ3n) is 3.72. The summed E-state index contributed by atoms with van der Waals surface area (Å²) in [6, 6.07) is 8.14. The fourth-order valence-electron chi connectivity index (χ4n) is 2.42. The third-order valence-corrected chi connectivity index (χ3v) is 4.63. The summed E-state index contributed by atoms with van der Waals surface area (Å²) < 4.78 is 23.2. The van der Waals surface area contributed by atoms with Gasteiger partial charge in [-0.1, -0.05) is 0 Å². The number of carbonyl (C=O) groups excluding carboxylic acids is 1.